The SMILES string of the molecule is CC(=O)[C@@]1(O)CN(S(=O)(=O)c2ccc(C)cc2)[C@@H](C2CCCCC2)C/C=C\[C@@H]1CC(=O)C(C)(C)C. The fourth-order valence-corrected chi connectivity index (χ4v) is 7.03. The average molecular weight is 504 g/mol. The van der Waals surface area contributed by atoms with Crippen molar-refractivity contribution in [1.29, 1.82) is 0 Å². The largest absolute Gasteiger partial charge is 0.380 e. The van der Waals surface area contributed by atoms with Gasteiger partial charge in [0, 0.05) is 23.8 Å². The average Bonchev–Trinajstić information content (AvgIpc) is 2.78. The van der Waals surface area contributed by atoms with Crippen LogP contribution >= 0.6 is 0 Å². The molecule has 0 aromatic heterocycles. The van der Waals surface area contributed by atoms with Crippen molar-refractivity contribution in [2.75, 3.05) is 6.54 Å². The van der Waals surface area contributed by atoms with E-state index in [1.165, 1.54) is 11.2 Å². The maximum atomic E-state index is 14.0. The van der Waals surface area contributed by atoms with E-state index >= 15 is 0 Å². The van der Waals surface area contributed by atoms with Crippen LogP contribution in [0.5, 0.6) is 0 Å². The van der Waals surface area contributed by atoms with Gasteiger partial charge in [-0.05, 0) is 51.2 Å². The molecule has 194 valence electrons. The van der Waals surface area contributed by atoms with Crippen molar-refractivity contribution in [2.24, 2.45) is 17.3 Å². The Morgan fingerprint density at radius 1 is 1.09 bits per heavy atom. The second-order valence-electron chi connectivity index (χ2n) is 11.5. The van der Waals surface area contributed by atoms with Crippen molar-refractivity contribution in [3.05, 3.63) is 42.0 Å². The highest BCUT2D eigenvalue weighted by atomic mass is 32.2. The maximum Gasteiger partial charge on any atom is 0.243 e. The van der Waals surface area contributed by atoms with Gasteiger partial charge in [-0.2, -0.15) is 4.31 Å². The summed E-state index contributed by atoms with van der Waals surface area (Å²) >= 11 is 0. The van der Waals surface area contributed by atoms with E-state index in [1.807, 2.05) is 33.8 Å². The Bertz CT molecular complexity index is 1050. The third-order valence-electron chi connectivity index (χ3n) is 7.80. The quantitative estimate of drug-likeness (QED) is 0.561. The van der Waals surface area contributed by atoms with Crippen molar-refractivity contribution in [3.63, 3.8) is 0 Å². The number of aryl methyl sites for hydroxylation is 1. The van der Waals surface area contributed by atoms with E-state index in [0.717, 1.165) is 37.7 Å². The van der Waals surface area contributed by atoms with E-state index in [9.17, 15) is 23.1 Å². The molecule has 1 aliphatic carbocycles. The second-order valence-corrected chi connectivity index (χ2v) is 13.3. The standard InChI is InChI=1S/C28H41NO5S/c1-20-14-16-24(17-15-20)35(33,34)29-19-28(32,21(2)30)23(18-26(31)27(3,4)5)12-9-13-25(29)22-10-7-6-8-11-22/h9,12,14-17,22-23,25,32H,6-8,10-11,13,18-19H2,1-5H3/b12-9-/t23-,25-,28+/m1/s1. The molecule has 0 amide bonds. The number of aliphatic hydroxyl groups is 1. The van der Waals surface area contributed by atoms with Crippen LogP contribution in [-0.4, -0.2) is 47.6 Å². The van der Waals surface area contributed by atoms with E-state index in [2.05, 4.69) is 0 Å². The Morgan fingerprint density at radius 3 is 2.23 bits per heavy atom. The molecule has 2 aliphatic rings. The summed E-state index contributed by atoms with van der Waals surface area (Å²) in [6.07, 6.45) is 9.18. The first-order chi connectivity index (χ1) is 16.3. The fourth-order valence-electron chi connectivity index (χ4n) is 5.30. The number of ketones is 2. The summed E-state index contributed by atoms with van der Waals surface area (Å²) in [6, 6.07) is 6.33. The Kier molecular flexibility index (Phi) is 8.45. The van der Waals surface area contributed by atoms with Gasteiger partial charge in [-0.1, -0.05) is 69.9 Å². The van der Waals surface area contributed by atoms with Crippen LogP contribution in [0, 0.1) is 24.2 Å². The van der Waals surface area contributed by atoms with Gasteiger partial charge in [0.05, 0.1) is 11.4 Å². The number of hydrogen-bond acceptors (Lipinski definition) is 5. The number of carbonyl (C=O) groups excluding carboxylic acids is 2. The molecular weight excluding hydrogens is 462 g/mol. The molecule has 1 fully saturated rings. The van der Waals surface area contributed by atoms with Crippen LogP contribution in [0.15, 0.2) is 41.3 Å². The van der Waals surface area contributed by atoms with Crippen LogP contribution in [0.3, 0.4) is 0 Å². The molecule has 6 nitrogen and oxygen atoms in total. The monoisotopic (exact) mass is 503 g/mol. The van der Waals surface area contributed by atoms with Crippen LogP contribution in [0.25, 0.3) is 0 Å². The molecule has 3 atom stereocenters. The summed E-state index contributed by atoms with van der Waals surface area (Å²) in [5.41, 5.74) is -1.68. The van der Waals surface area contributed by atoms with Crippen molar-refractivity contribution >= 4 is 21.6 Å². The molecular formula is C28H41NO5S. The lowest BCUT2D eigenvalue weighted by Gasteiger charge is -2.44. The van der Waals surface area contributed by atoms with Crippen molar-refractivity contribution in [1.82, 2.24) is 4.31 Å². The number of hydrogen-bond donors (Lipinski definition) is 1. The smallest absolute Gasteiger partial charge is 0.243 e. The van der Waals surface area contributed by atoms with Crippen molar-refractivity contribution in [2.45, 2.75) is 96.1 Å². The molecule has 0 radical (unpaired) electrons. The van der Waals surface area contributed by atoms with Gasteiger partial charge in [0.1, 0.15) is 11.4 Å². The highest BCUT2D eigenvalue weighted by Gasteiger charge is 2.49. The van der Waals surface area contributed by atoms with Gasteiger partial charge in [0.2, 0.25) is 10.0 Å². The summed E-state index contributed by atoms with van der Waals surface area (Å²) in [5, 5.41) is 11.8. The maximum absolute atomic E-state index is 14.0. The minimum absolute atomic E-state index is 0.0252. The first kappa shape index (κ1) is 27.8. The molecule has 0 unspecified atom stereocenters. The van der Waals surface area contributed by atoms with Gasteiger partial charge < -0.3 is 5.11 Å². The molecule has 35 heavy (non-hydrogen) atoms. The molecule has 7 heteroatoms. The highest BCUT2D eigenvalue weighted by molar-refractivity contribution is 7.89. The van der Waals surface area contributed by atoms with Gasteiger partial charge in [-0.25, -0.2) is 8.42 Å². The molecule has 0 spiro atoms. The van der Waals surface area contributed by atoms with Crippen LogP contribution in [0.2, 0.25) is 0 Å². The van der Waals surface area contributed by atoms with E-state index in [4.69, 9.17) is 0 Å². The number of nitrogens with zero attached hydrogens (tertiary/aromatic N) is 1. The van der Waals surface area contributed by atoms with Gasteiger partial charge in [0.25, 0.3) is 0 Å². The van der Waals surface area contributed by atoms with Crippen LogP contribution in [-0.2, 0) is 19.6 Å². The Labute approximate surface area is 210 Å². The summed E-state index contributed by atoms with van der Waals surface area (Å²) < 4.78 is 29.4. The van der Waals surface area contributed by atoms with Crippen molar-refractivity contribution in [3.8, 4) is 0 Å². The lowest BCUT2D eigenvalue weighted by Crippen LogP contribution is -2.59. The molecule has 1 saturated carbocycles. The summed E-state index contributed by atoms with van der Waals surface area (Å²) in [4.78, 5) is 26.0. The van der Waals surface area contributed by atoms with Gasteiger partial charge in [-0.15, -0.1) is 0 Å². The zero-order valence-electron chi connectivity index (χ0n) is 21.8. The van der Waals surface area contributed by atoms with E-state index in [1.54, 1.807) is 30.3 Å². The highest BCUT2D eigenvalue weighted by Crippen LogP contribution is 2.39. The minimum atomic E-state index is -4.00. The lowest BCUT2D eigenvalue weighted by atomic mass is 9.74. The summed E-state index contributed by atoms with van der Waals surface area (Å²) in [6.45, 7) is 8.25. The predicted molar refractivity (Wildman–Crippen MR) is 137 cm³/mol. The van der Waals surface area contributed by atoms with Gasteiger partial charge in [-0.3, -0.25) is 9.59 Å². The van der Waals surface area contributed by atoms with E-state index in [-0.39, 0.29) is 35.6 Å². The third kappa shape index (κ3) is 6.12. The molecule has 1 aromatic rings. The number of benzene rings is 1. The number of rotatable bonds is 6. The number of sulfonamides is 1. The molecule has 1 heterocycles. The number of β-amino-alcohol motifs (C(OH)–C–C–N with tert-alkyl or cyclic N) is 1. The predicted octanol–water partition coefficient (Wildman–Crippen LogP) is 4.84. The second kappa shape index (κ2) is 10.7. The molecule has 1 N–H and O–H groups in total. The Balaban J connectivity index is 2.11. The van der Waals surface area contributed by atoms with E-state index in [0.29, 0.717) is 6.42 Å². The summed E-state index contributed by atoms with van der Waals surface area (Å²) in [7, 11) is -4.00. The third-order valence-corrected chi connectivity index (χ3v) is 9.68. The fraction of sp³-hybridized carbons (Fsp3) is 0.643. The van der Waals surface area contributed by atoms with Crippen LogP contribution in [0.1, 0.15) is 78.2 Å². The minimum Gasteiger partial charge on any atom is -0.380 e. The molecule has 1 aliphatic heterocycles. The zero-order valence-corrected chi connectivity index (χ0v) is 22.6. The zero-order chi connectivity index (χ0) is 26.0. The number of carbonyl (C=O) groups is 2. The van der Waals surface area contributed by atoms with E-state index < -0.39 is 32.7 Å². The molecule has 3 rings (SSSR count). The van der Waals surface area contributed by atoms with Gasteiger partial charge >= 0.3 is 0 Å². The first-order valence-electron chi connectivity index (χ1n) is 12.8. The van der Waals surface area contributed by atoms with Gasteiger partial charge in [0.15, 0.2) is 5.78 Å². The van der Waals surface area contributed by atoms with Crippen LogP contribution < -0.4 is 0 Å². The first-order valence-corrected chi connectivity index (χ1v) is 14.2. The number of Topliss-reactive ketones (excluding diaryl/α,β-unsaturated/α-hetero) is 2. The van der Waals surface area contributed by atoms with Crippen molar-refractivity contribution < 1.29 is 23.1 Å². The molecule has 1 aromatic carbocycles. The Morgan fingerprint density at radius 2 is 1.69 bits per heavy atom. The molecule has 0 bridgehead atoms. The Hall–Kier alpha value is -1.83. The molecule has 0 saturated heterocycles. The topological polar surface area (TPSA) is 91.8 Å². The summed E-state index contributed by atoms with van der Waals surface area (Å²) in [5.74, 6) is -1.25. The van der Waals surface area contributed by atoms with Crippen LogP contribution in [0.4, 0.5) is 0 Å². The normalized spacial score (nSPS) is 28.2. The lowest BCUT2D eigenvalue weighted by molar-refractivity contribution is -0.143.